The Kier molecular flexibility index (Phi) is 2.54. The van der Waals surface area contributed by atoms with Crippen molar-refractivity contribution >= 4 is 10.2 Å². The molecule has 0 amide bonds. The van der Waals surface area contributed by atoms with Crippen LogP contribution in [0.4, 0.5) is 0 Å². The Morgan fingerprint density at radius 2 is 1.93 bits per heavy atom. The zero-order valence-corrected chi connectivity index (χ0v) is 8.42. The van der Waals surface area contributed by atoms with Gasteiger partial charge >= 0.3 is 0 Å². The van der Waals surface area contributed by atoms with Crippen LogP contribution in [0.2, 0.25) is 0 Å². The summed E-state index contributed by atoms with van der Waals surface area (Å²) >= 11 is 0. The van der Waals surface area contributed by atoms with Crippen LogP contribution in [-0.2, 0) is 10.2 Å². The molecule has 1 heterocycles. The first-order valence-corrected chi connectivity index (χ1v) is 5.97. The average Bonchev–Trinajstić information content (AvgIpc) is 2.18. The summed E-state index contributed by atoms with van der Waals surface area (Å²) in [6, 6.07) is 9.50. The quantitative estimate of drug-likeness (QED) is 0.714. The van der Waals surface area contributed by atoms with Gasteiger partial charge in [-0.25, -0.2) is 4.72 Å². The summed E-state index contributed by atoms with van der Waals surface area (Å²) in [5.74, 6) is 0. The maximum atomic E-state index is 11.2. The van der Waals surface area contributed by atoms with Crippen LogP contribution in [0.5, 0.6) is 0 Å². The van der Waals surface area contributed by atoms with E-state index in [2.05, 4.69) is 9.44 Å². The molecule has 0 radical (unpaired) electrons. The molecule has 1 saturated heterocycles. The summed E-state index contributed by atoms with van der Waals surface area (Å²) in [6.45, 7) is 0.495. The SMILES string of the molecule is O=S1(=O)NCCC(c2ccccc2)N1. The number of hydrogen-bond acceptors (Lipinski definition) is 2. The lowest BCUT2D eigenvalue weighted by molar-refractivity contribution is 0.494. The first-order valence-electron chi connectivity index (χ1n) is 4.49. The Bertz CT molecular complexity index is 402. The van der Waals surface area contributed by atoms with Crippen LogP contribution in [0.15, 0.2) is 30.3 Å². The predicted octanol–water partition coefficient (Wildman–Crippen LogP) is 0.555. The monoisotopic (exact) mass is 212 g/mol. The van der Waals surface area contributed by atoms with Gasteiger partial charge in [0.1, 0.15) is 0 Å². The molecule has 1 aromatic carbocycles. The lowest BCUT2D eigenvalue weighted by atomic mass is 10.1. The van der Waals surface area contributed by atoms with Gasteiger partial charge in [0.05, 0.1) is 0 Å². The zero-order valence-electron chi connectivity index (χ0n) is 7.60. The molecule has 1 aliphatic heterocycles. The zero-order chi connectivity index (χ0) is 10.0. The summed E-state index contributed by atoms with van der Waals surface area (Å²) < 4.78 is 27.4. The van der Waals surface area contributed by atoms with E-state index in [1.165, 1.54) is 0 Å². The molecule has 0 aliphatic carbocycles. The van der Waals surface area contributed by atoms with Crippen LogP contribution in [-0.4, -0.2) is 15.0 Å². The second-order valence-corrected chi connectivity index (χ2v) is 4.80. The molecule has 2 rings (SSSR count). The second-order valence-electron chi connectivity index (χ2n) is 3.27. The van der Waals surface area contributed by atoms with Gasteiger partial charge in [-0.1, -0.05) is 30.3 Å². The first-order chi connectivity index (χ1) is 6.67. The smallest absolute Gasteiger partial charge is 0.202 e. The maximum Gasteiger partial charge on any atom is 0.277 e. The Balaban J connectivity index is 2.21. The van der Waals surface area contributed by atoms with Crippen LogP contribution in [0, 0.1) is 0 Å². The molecule has 2 N–H and O–H groups in total. The fourth-order valence-electron chi connectivity index (χ4n) is 1.55. The minimum Gasteiger partial charge on any atom is -0.202 e. The van der Waals surface area contributed by atoms with E-state index in [0.717, 1.165) is 12.0 Å². The van der Waals surface area contributed by atoms with E-state index < -0.39 is 10.2 Å². The molecule has 0 saturated carbocycles. The van der Waals surface area contributed by atoms with E-state index in [1.807, 2.05) is 30.3 Å². The van der Waals surface area contributed by atoms with E-state index >= 15 is 0 Å². The van der Waals surface area contributed by atoms with Crippen molar-refractivity contribution in [2.75, 3.05) is 6.54 Å². The third kappa shape index (κ3) is 2.12. The fraction of sp³-hybridized carbons (Fsp3) is 0.333. The van der Waals surface area contributed by atoms with Crippen LogP contribution >= 0.6 is 0 Å². The minimum atomic E-state index is -3.28. The van der Waals surface area contributed by atoms with Crippen LogP contribution in [0.1, 0.15) is 18.0 Å². The Labute approximate surface area is 83.5 Å². The molecule has 5 heteroatoms. The summed E-state index contributed by atoms with van der Waals surface area (Å²) in [5.41, 5.74) is 1.01. The summed E-state index contributed by atoms with van der Waals surface area (Å²) in [6.07, 6.45) is 0.781. The molecular weight excluding hydrogens is 200 g/mol. The van der Waals surface area contributed by atoms with Gasteiger partial charge in [0.2, 0.25) is 0 Å². The van der Waals surface area contributed by atoms with Gasteiger partial charge in [0, 0.05) is 12.6 Å². The van der Waals surface area contributed by atoms with Gasteiger partial charge in [-0.05, 0) is 12.0 Å². The largest absolute Gasteiger partial charge is 0.277 e. The molecule has 0 bridgehead atoms. The van der Waals surface area contributed by atoms with Gasteiger partial charge in [-0.15, -0.1) is 0 Å². The van der Waals surface area contributed by atoms with E-state index in [1.54, 1.807) is 0 Å². The van der Waals surface area contributed by atoms with Crippen molar-refractivity contribution in [2.45, 2.75) is 12.5 Å². The molecule has 4 nitrogen and oxygen atoms in total. The van der Waals surface area contributed by atoms with E-state index in [4.69, 9.17) is 0 Å². The standard InChI is InChI=1S/C9H12N2O2S/c12-14(13)10-7-6-9(11-14)8-4-2-1-3-5-8/h1-5,9-11H,6-7H2. The molecule has 14 heavy (non-hydrogen) atoms. The van der Waals surface area contributed by atoms with Crippen molar-refractivity contribution in [1.82, 2.24) is 9.44 Å². The summed E-state index contributed by atoms with van der Waals surface area (Å²) in [4.78, 5) is 0. The highest BCUT2D eigenvalue weighted by Gasteiger charge is 2.23. The maximum absolute atomic E-state index is 11.2. The second kappa shape index (κ2) is 3.68. The van der Waals surface area contributed by atoms with Crippen molar-refractivity contribution < 1.29 is 8.42 Å². The topological polar surface area (TPSA) is 58.2 Å². The fourth-order valence-corrected chi connectivity index (χ4v) is 2.64. The molecular formula is C9H12N2O2S. The average molecular weight is 212 g/mol. The first kappa shape index (κ1) is 9.64. The molecule has 0 spiro atoms. The van der Waals surface area contributed by atoms with Crippen LogP contribution < -0.4 is 9.44 Å². The predicted molar refractivity (Wildman–Crippen MR) is 53.9 cm³/mol. The number of nitrogens with one attached hydrogen (secondary N) is 2. The van der Waals surface area contributed by atoms with Crippen molar-refractivity contribution in [2.24, 2.45) is 0 Å². The Morgan fingerprint density at radius 3 is 2.57 bits per heavy atom. The van der Waals surface area contributed by atoms with Crippen molar-refractivity contribution in [3.05, 3.63) is 35.9 Å². The lowest BCUT2D eigenvalue weighted by Gasteiger charge is -2.24. The van der Waals surface area contributed by atoms with E-state index in [0.29, 0.717) is 6.54 Å². The highest BCUT2D eigenvalue weighted by molar-refractivity contribution is 7.87. The van der Waals surface area contributed by atoms with Crippen molar-refractivity contribution in [1.29, 1.82) is 0 Å². The highest BCUT2D eigenvalue weighted by atomic mass is 32.2. The molecule has 1 atom stereocenters. The van der Waals surface area contributed by atoms with Crippen molar-refractivity contribution in [3.63, 3.8) is 0 Å². The van der Waals surface area contributed by atoms with Gasteiger partial charge in [0.15, 0.2) is 0 Å². The van der Waals surface area contributed by atoms with Crippen LogP contribution in [0.25, 0.3) is 0 Å². The summed E-state index contributed by atoms with van der Waals surface area (Å²) in [7, 11) is -3.28. The van der Waals surface area contributed by atoms with Gasteiger partial charge in [0.25, 0.3) is 10.2 Å². The van der Waals surface area contributed by atoms with E-state index in [-0.39, 0.29) is 6.04 Å². The highest BCUT2D eigenvalue weighted by Crippen LogP contribution is 2.18. The number of rotatable bonds is 1. The molecule has 1 aromatic rings. The van der Waals surface area contributed by atoms with Crippen LogP contribution in [0.3, 0.4) is 0 Å². The normalized spacial score (nSPS) is 25.9. The Hall–Kier alpha value is -0.910. The number of hydrogen-bond donors (Lipinski definition) is 2. The lowest BCUT2D eigenvalue weighted by Crippen LogP contribution is -2.45. The third-order valence-electron chi connectivity index (χ3n) is 2.22. The minimum absolute atomic E-state index is 0.0950. The molecule has 1 fully saturated rings. The molecule has 1 aliphatic rings. The van der Waals surface area contributed by atoms with Gasteiger partial charge < -0.3 is 0 Å². The molecule has 0 aromatic heterocycles. The number of benzene rings is 1. The third-order valence-corrected chi connectivity index (χ3v) is 3.40. The molecule has 76 valence electrons. The Morgan fingerprint density at radius 1 is 1.21 bits per heavy atom. The van der Waals surface area contributed by atoms with Crippen molar-refractivity contribution in [3.8, 4) is 0 Å². The van der Waals surface area contributed by atoms with Gasteiger partial charge in [-0.2, -0.15) is 13.1 Å². The van der Waals surface area contributed by atoms with E-state index in [9.17, 15) is 8.42 Å². The molecule has 1 unspecified atom stereocenters. The van der Waals surface area contributed by atoms with Gasteiger partial charge in [-0.3, -0.25) is 0 Å². The summed E-state index contributed by atoms with van der Waals surface area (Å²) in [5, 5.41) is 0.